The summed E-state index contributed by atoms with van der Waals surface area (Å²) in [5.74, 6) is 1.95. The van der Waals surface area contributed by atoms with Gasteiger partial charge >= 0.3 is 0 Å². The van der Waals surface area contributed by atoms with Gasteiger partial charge in [0.2, 0.25) is 4.77 Å². The molecule has 6 nitrogen and oxygen atoms in total. The predicted molar refractivity (Wildman–Crippen MR) is 84.9 cm³/mol. The van der Waals surface area contributed by atoms with Crippen molar-refractivity contribution < 1.29 is 9.15 Å². The summed E-state index contributed by atoms with van der Waals surface area (Å²) in [6.45, 7) is 0.305. The summed E-state index contributed by atoms with van der Waals surface area (Å²) in [7, 11) is 0. The van der Waals surface area contributed by atoms with Crippen LogP contribution in [0.2, 0.25) is 5.02 Å². The molecule has 0 aliphatic rings. The Morgan fingerprint density at radius 3 is 3.09 bits per heavy atom. The zero-order valence-corrected chi connectivity index (χ0v) is 12.8. The van der Waals surface area contributed by atoms with Gasteiger partial charge in [-0.2, -0.15) is 14.9 Å². The van der Waals surface area contributed by atoms with Gasteiger partial charge in [0.05, 0.1) is 6.21 Å². The number of furan rings is 1. The summed E-state index contributed by atoms with van der Waals surface area (Å²) in [5, 5.41) is 11.1. The zero-order chi connectivity index (χ0) is 15.4. The summed E-state index contributed by atoms with van der Waals surface area (Å²) < 4.78 is 13.0. The van der Waals surface area contributed by atoms with Crippen molar-refractivity contribution in [3.63, 3.8) is 0 Å². The summed E-state index contributed by atoms with van der Waals surface area (Å²) in [5.41, 5.74) is 0. The van der Waals surface area contributed by atoms with Crippen LogP contribution in [0.5, 0.6) is 5.75 Å². The monoisotopic (exact) mass is 334 g/mol. The highest BCUT2D eigenvalue weighted by atomic mass is 35.5. The van der Waals surface area contributed by atoms with Crippen LogP contribution >= 0.6 is 23.8 Å². The van der Waals surface area contributed by atoms with Crippen molar-refractivity contribution in [3.05, 3.63) is 64.0 Å². The number of benzene rings is 1. The van der Waals surface area contributed by atoms with Crippen LogP contribution in [0.15, 0.2) is 52.2 Å². The van der Waals surface area contributed by atoms with Crippen LogP contribution < -0.4 is 4.74 Å². The van der Waals surface area contributed by atoms with Gasteiger partial charge in [-0.25, -0.2) is 0 Å². The smallest absolute Gasteiger partial charge is 0.216 e. The fraction of sp³-hybridized carbons (Fsp3) is 0.0714. The summed E-state index contributed by atoms with van der Waals surface area (Å²) in [6.07, 6.45) is 3.03. The van der Waals surface area contributed by atoms with Crippen LogP contribution in [-0.4, -0.2) is 21.1 Å². The van der Waals surface area contributed by atoms with Gasteiger partial charge < -0.3 is 9.15 Å². The molecule has 22 heavy (non-hydrogen) atoms. The van der Waals surface area contributed by atoms with E-state index in [9.17, 15) is 0 Å². The third kappa shape index (κ3) is 3.63. The second-order valence-electron chi connectivity index (χ2n) is 4.30. The normalized spacial score (nSPS) is 11.1. The topological polar surface area (TPSA) is 68.3 Å². The van der Waals surface area contributed by atoms with Gasteiger partial charge in [-0.05, 0) is 42.5 Å². The molecule has 3 rings (SSSR count). The molecule has 112 valence electrons. The van der Waals surface area contributed by atoms with E-state index >= 15 is 0 Å². The molecule has 0 unspecified atom stereocenters. The highest BCUT2D eigenvalue weighted by molar-refractivity contribution is 7.71. The molecular formula is C14H11ClN4O2S. The quantitative estimate of drug-likeness (QED) is 0.571. The third-order valence-electron chi connectivity index (χ3n) is 2.70. The van der Waals surface area contributed by atoms with E-state index in [-0.39, 0.29) is 0 Å². The second-order valence-corrected chi connectivity index (χ2v) is 5.12. The van der Waals surface area contributed by atoms with Crippen molar-refractivity contribution in [3.8, 4) is 5.75 Å². The van der Waals surface area contributed by atoms with Crippen LogP contribution in [-0.2, 0) is 6.61 Å². The number of aromatic amines is 1. The number of nitrogens with one attached hydrogen (secondary N) is 1. The van der Waals surface area contributed by atoms with Gasteiger partial charge in [-0.1, -0.05) is 17.7 Å². The first-order valence-corrected chi connectivity index (χ1v) is 7.13. The first-order chi connectivity index (χ1) is 10.7. The molecule has 1 N–H and O–H groups in total. The Bertz CT molecular complexity index is 852. The Morgan fingerprint density at radius 2 is 2.32 bits per heavy atom. The van der Waals surface area contributed by atoms with Crippen molar-refractivity contribution in [2.75, 3.05) is 0 Å². The molecule has 0 radical (unpaired) electrons. The van der Waals surface area contributed by atoms with Gasteiger partial charge in [0.15, 0.2) is 0 Å². The van der Waals surface area contributed by atoms with Crippen molar-refractivity contribution in [1.29, 1.82) is 0 Å². The van der Waals surface area contributed by atoms with E-state index in [0.29, 0.717) is 33.7 Å². The summed E-state index contributed by atoms with van der Waals surface area (Å²) >= 11 is 10.9. The number of halogens is 1. The molecule has 0 atom stereocenters. The molecule has 8 heteroatoms. The number of H-pyrrole nitrogens is 1. The lowest BCUT2D eigenvalue weighted by molar-refractivity contribution is 0.270. The number of ether oxygens (including phenoxy) is 1. The SMILES string of the molecule is S=c1[nH]ncn1N=Cc1ccc(COc2cccc(Cl)c2)o1. The lowest BCUT2D eigenvalue weighted by Crippen LogP contribution is -1.93. The molecule has 2 heterocycles. The van der Waals surface area contributed by atoms with Crippen molar-refractivity contribution in [2.24, 2.45) is 5.10 Å². The molecule has 2 aromatic heterocycles. The van der Waals surface area contributed by atoms with Crippen molar-refractivity contribution in [1.82, 2.24) is 14.9 Å². The fourth-order valence-corrected chi connectivity index (χ4v) is 2.02. The zero-order valence-electron chi connectivity index (χ0n) is 11.3. The maximum Gasteiger partial charge on any atom is 0.216 e. The number of rotatable bonds is 5. The minimum absolute atomic E-state index is 0.305. The van der Waals surface area contributed by atoms with Crippen LogP contribution in [0.3, 0.4) is 0 Å². The van der Waals surface area contributed by atoms with Gasteiger partial charge in [-0.15, -0.1) is 0 Å². The van der Waals surface area contributed by atoms with Crippen LogP contribution in [0.1, 0.15) is 11.5 Å². The maximum absolute atomic E-state index is 5.89. The van der Waals surface area contributed by atoms with E-state index in [1.54, 1.807) is 24.4 Å². The summed E-state index contributed by atoms with van der Waals surface area (Å²) in [6, 6.07) is 10.8. The second kappa shape index (κ2) is 6.59. The minimum Gasteiger partial charge on any atom is -0.486 e. The predicted octanol–water partition coefficient (Wildman–Crippen LogP) is 3.65. The van der Waals surface area contributed by atoms with E-state index in [0.717, 1.165) is 0 Å². The Kier molecular flexibility index (Phi) is 4.36. The third-order valence-corrected chi connectivity index (χ3v) is 3.22. The molecule has 0 spiro atoms. The minimum atomic E-state index is 0.305. The first-order valence-electron chi connectivity index (χ1n) is 6.34. The van der Waals surface area contributed by atoms with Gasteiger partial charge in [0.25, 0.3) is 0 Å². The average Bonchev–Trinajstić information content (AvgIpc) is 3.12. The molecule has 3 aromatic rings. The number of aromatic nitrogens is 3. The number of nitrogens with zero attached hydrogens (tertiary/aromatic N) is 3. The standard InChI is InChI=1S/C14H11ClN4O2S/c15-10-2-1-3-11(6-10)20-8-13-5-4-12(21-13)7-17-19-9-16-18-14(19)22/h1-7,9H,8H2,(H,18,22). The lowest BCUT2D eigenvalue weighted by atomic mass is 10.3. The highest BCUT2D eigenvalue weighted by Gasteiger charge is 2.02. The molecule has 0 saturated carbocycles. The van der Waals surface area contributed by atoms with E-state index < -0.39 is 0 Å². The van der Waals surface area contributed by atoms with E-state index in [1.165, 1.54) is 11.0 Å². The Labute approximate surface area is 136 Å². The van der Waals surface area contributed by atoms with E-state index in [1.807, 2.05) is 18.2 Å². The number of hydrogen-bond acceptors (Lipinski definition) is 5. The summed E-state index contributed by atoms with van der Waals surface area (Å²) in [4.78, 5) is 0. The molecule has 0 amide bonds. The van der Waals surface area contributed by atoms with Crippen LogP contribution in [0.25, 0.3) is 0 Å². The van der Waals surface area contributed by atoms with Gasteiger partial charge in [0.1, 0.15) is 30.2 Å². The van der Waals surface area contributed by atoms with E-state index in [2.05, 4.69) is 15.3 Å². The number of hydrogen-bond donors (Lipinski definition) is 1. The lowest BCUT2D eigenvalue weighted by Gasteiger charge is -2.03. The Morgan fingerprint density at radius 1 is 1.41 bits per heavy atom. The first kappa shape index (κ1) is 14.6. The fourth-order valence-electron chi connectivity index (χ4n) is 1.70. The molecule has 1 aromatic carbocycles. The molecular weight excluding hydrogens is 324 g/mol. The van der Waals surface area contributed by atoms with Gasteiger partial charge in [-0.3, -0.25) is 5.10 Å². The van der Waals surface area contributed by atoms with Crippen molar-refractivity contribution in [2.45, 2.75) is 6.61 Å². The van der Waals surface area contributed by atoms with Crippen LogP contribution in [0, 0.1) is 4.77 Å². The molecule has 0 fully saturated rings. The molecule has 0 aliphatic carbocycles. The average molecular weight is 335 g/mol. The molecule has 0 aliphatic heterocycles. The van der Waals surface area contributed by atoms with Crippen molar-refractivity contribution >= 4 is 30.0 Å². The molecule has 0 saturated heterocycles. The highest BCUT2D eigenvalue weighted by Crippen LogP contribution is 2.18. The Balaban J connectivity index is 1.63. The maximum atomic E-state index is 5.89. The largest absolute Gasteiger partial charge is 0.486 e. The van der Waals surface area contributed by atoms with Crippen LogP contribution in [0.4, 0.5) is 0 Å². The van der Waals surface area contributed by atoms with E-state index in [4.69, 9.17) is 33.0 Å². The Hall–Kier alpha value is -2.38. The molecule has 0 bridgehead atoms. The van der Waals surface area contributed by atoms with Gasteiger partial charge in [0, 0.05) is 5.02 Å².